The molecule has 0 atom stereocenters. The summed E-state index contributed by atoms with van der Waals surface area (Å²) in [4.78, 5) is 30.6. The Morgan fingerprint density at radius 2 is 1.56 bits per heavy atom. The number of amides is 2. The van der Waals surface area contributed by atoms with Crippen LogP contribution in [0.2, 0.25) is 0 Å². The highest BCUT2D eigenvalue weighted by Gasteiger charge is 2.42. The van der Waals surface area contributed by atoms with Gasteiger partial charge in [0.1, 0.15) is 11.4 Å². The minimum absolute atomic E-state index is 0.228. The topological polar surface area (TPSA) is 49.9 Å². The SMILES string of the molecule is COc1ccc(C2=C(N3CCc4ccccc43)C(=O)N(CCc3ccccc3)C2=O)cc1. The fraction of sp³-hybridized carbons (Fsp3) is 0.185. The summed E-state index contributed by atoms with van der Waals surface area (Å²) in [6.07, 6.45) is 1.47. The van der Waals surface area contributed by atoms with E-state index in [1.54, 1.807) is 7.11 Å². The number of carbonyl (C=O) groups excluding carboxylic acids is 2. The maximum absolute atomic E-state index is 13.6. The van der Waals surface area contributed by atoms with Crippen molar-refractivity contribution in [3.05, 3.63) is 101 Å². The van der Waals surface area contributed by atoms with Gasteiger partial charge in [-0.2, -0.15) is 0 Å². The molecule has 2 aliphatic heterocycles. The van der Waals surface area contributed by atoms with Gasteiger partial charge in [0.25, 0.3) is 11.8 Å². The molecule has 5 rings (SSSR count). The number of hydrogen-bond donors (Lipinski definition) is 0. The largest absolute Gasteiger partial charge is 0.497 e. The minimum Gasteiger partial charge on any atom is -0.497 e. The second-order valence-corrected chi connectivity index (χ2v) is 7.98. The predicted molar refractivity (Wildman–Crippen MR) is 124 cm³/mol. The number of benzene rings is 3. The monoisotopic (exact) mass is 424 g/mol. The lowest BCUT2D eigenvalue weighted by Crippen LogP contribution is -2.36. The Hall–Kier alpha value is -3.86. The van der Waals surface area contributed by atoms with E-state index in [2.05, 4.69) is 6.07 Å². The molecule has 0 spiro atoms. The lowest BCUT2D eigenvalue weighted by Gasteiger charge is -2.22. The Morgan fingerprint density at radius 1 is 0.844 bits per heavy atom. The van der Waals surface area contributed by atoms with Crippen molar-refractivity contribution >= 4 is 23.1 Å². The van der Waals surface area contributed by atoms with Crippen molar-refractivity contribution in [1.29, 1.82) is 0 Å². The predicted octanol–water partition coefficient (Wildman–Crippen LogP) is 4.08. The number of methoxy groups -OCH3 is 1. The molecule has 0 unspecified atom stereocenters. The zero-order valence-corrected chi connectivity index (χ0v) is 18.0. The maximum atomic E-state index is 13.6. The van der Waals surface area contributed by atoms with Crippen LogP contribution in [0, 0.1) is 0 Å². The number of para-hydroxylation sites is 1. The van der Waals surface area contributed by atoms with Crippen molar-refractivity contribution in [3.8, 4) is 5.75 Å². The summed E-state index contributed by atoms with van der Waals surface area (Å²) in [5, 5.41) is 0. The summed E-state index contributed by atoms with van der Waals surface area (Å²) in [5.41, 5.74) is 4.95. The zero-order chi connectivity index (χ0) is 22.1. The van der Waals surface area contributed by atoms with Gasteiger partial charge in [0.15, 0.2) is 0 Å². The summed E-state index contributed by atoms with van der Waals surface area (Å²) in [5.74, 6) is 0.240. The first-order valence-electron chi connectivity index (χ1n) is 10.8. The minimum atomic E-state index is -0.240. The van der Waals surface area contributed by atoms with Crippen LogP contribution in [0.4, 0.5) is 5.69 Å². The summed E-state index contributed by atoms with van der Waals surface area (Å²) >= 11 is 0. The number of anilines is 1. The number of carbonyl (C=O) groups is 2. The van der Waals surface area contributed by atoms with Gasteiger partial charge in [-0.15, -0.1) is 0 Å². The third-order valence-electron chi connectivity index (χ3n) is 6.15. The van der Waals surface area contributed by atoms with Crippen molar-refractivity contribution in [3.63, 3.8) is 0 Å². The van der Waals surface area contributed by atoms with Crippen LogP contribution in [0.15, 0.2) is 84.6 Å². The molecule has 0 fully saturated rings. The Kier molecular flexibility index (Phi) is 5.23. The maximum Gasteiger partial charge on any atom is 0.278 e. The number of imide groups is 1. The van der Waals surface area contributed by atoms with Crippen LogP contribution < -0.4 is 9.64 Å². The molecule has 0 radical (unpaired) electrons. The van der Waals surface area contributed by atoms with E-state index in [9.17, 15) is 9.59 Å². The Bertz CT molecular complexity index is 1200. The molecule has 0 aliphatic carbocycles. The Labute approximate surface area is 187 Å². The molecule has 2 aliphatic rings. The lowest BCUT2D eigenvalue weighted by atomic mass is 10.0. The van der Waals surface area contributed by atoms with E-state index in [-0.39, 0.29) is 11.8 Å². The smallest absolute Gasteiger partial charge is 0.278 e. The highest BCUT2D eigenvalue weighted by molar-refractivity contribution is 6.36. The molecule has 0 N–H and O–H groups in total. The molecule has 0 saturated heterocycles. The first-order valence-corrected chi connectivity index (χ1v) is 10.8. The van der Waals surface area contributed by atoms with Gasteiger partial charge < -0.3 is 9.64 Å². The standard InChI is InChI=1S/C27H24N2O3/c1-32-22-13-11-21(12-14-22)24-25(28-18-16-20-9-5-6-10-23(20)28)27(31)29(26(24)30)17-15-19-7-3-2-4-8-19/h2-14H,15-18H2,1H3. The van der Waals surface area contributed by atoms with Crippen LogP contribution >= 0.6 is 0 Å². The van der Waals surface area contributed by atoms with Crippen molar-refractivity contribution in [2.24, 2.45) is 0 Å². The summed E-state index contributed by atoms with van der Waals surface area (Å²) in [6, 6.07) is 25.3. The average Bonchev–Trinajstić information content (AvgIpc) is 3.36. The Balaban J connectivity index is 1.54. The Morgan fingerprint density at radius 3 is 2.31 bits per heavy atom. The highest BCUT2D eigenvalue weighted by Crippen LogP contribution is 2.38. The molecule has 2 amide bonds. The average molecular weight is 425 g/mol. The van der Waals surface area contributed by atoms with Crippen molar-refractivity contribution < 1.29 is 14.3 Å². The van der Waals surface area contributed by atoms with Crippen LogP contribution in [0.25, 0.3) is 5.57 Å². The summed E-state index contributed by atoms with van der Waals surface area (Å²) in [6.45, 7) is 1.03. The van der Waals surface area contributed by atoms with Crippen LogP contribution in [0.1, 0.15) is 16.7 Å². The number of rotatable bonds is 6. The number of nitrogens with zero attached hydrogens (tertiary/aromatic N) is 2. The van der Waals surface area contributed by atoms with E-state index in [1.807, 2.05) is 77.7 Å². The van der Waals surface area contributed by atoms with E-state index in [0.29, 0.717) is 36.5 Å². The molecule has 160 valence electrons. The summed E-state index contributed by atoms with van der Waals surface area (Å²) < 4.78 is 5.27. The van der Waals surface area contributed by atoms with Gasteiger partial charge in [0, 0.05) is 18.8 Å². The van der Waals surface area contributed by atoms with E-state index in [1.165, 1.54) is 10.5 Å². The van der Waals surface area contributed by atoms with Crippen molar-refractivity contribution in [2.45, 2.75) is 12.8 Å². The molecule has 5 heteroatoms. The second-order valence-electron chi connectivity index (χ2n) is 7.98. The van der Waals surface area contributed by atoms with Crippen LogP contribution in [-0.4, -0.2) is 36.9 Å². The van der Waals surface area contributed by atoms with E-state index in [4.69, 9.17) is 4.74 Å². The lowest BCUT2D eigenvalue weighted by molar-refractivity contribution is -0.136. The molecule has 3 aromatic rings. The molecule has 3 aromatic carbocycles. The quantitative estimate of drug-likeness (QED) is 0.560. The molecule has 0 saturated carbocycles. The van der Waals surface area contributed by atoms with E-state index < -0.39 is 0 Å². The third kappa shape index (κ3) is 3.46. The van der Waals surface area contributed by atoms with Gasteiger partial charge in [0.05, 0.1) is 12.7 Å². The fourth-order valence-corrected chi connectivity index (χ4v) is 4.49. The van der Waals surface area contributed by atoms with E-state index in [0.717, 1.165) is 23.2 Å². The fourth-order valence-electron chi connectivity index (χ4n) is 4.49. The van der Waals surface area contributed by atoms with E-state index >= 15 is 0 Å². The second kappa shape index (κ2) is 8.35. The summed E-state index contributed by atoms with van der Waals surface area (Å²) in [7, 11) is 1.61. The highest BCUT2D eigenvalue weighted by atomic mass is 16.5. The molecule has 32 heavy (non-hydrogen) atoms. The van der Waals surface area contributed by atoms with Gasteiger partial charge in [-0.1, -0.05) is 60.7 Å². The van der Waals surface area contributed by atoms with Crippen molar-refractivity contribution in [2.75, 3.05) is 25.1 Å². The van der Waals surface area contributed by atoms with Crippen LogP contribution in [-0.2, 0) is 22.4 Å². The molecule has 0 aromatic heterocycles. The molecular weight excluding hydrogens is 400 g/mol. The first-order chi connectivity index (χ1) is 15.7. The van der Waals surface area contributed by atoms with Crippen LogP contribution in [0.5, 0.6) is 5.75 Å². The van der Waals surface area contributed by atoms with Gasteiger partial charge in [-0.3, -0.25) is 14.5 Å². The molecule has 2 heterocycles. The van der Waals surface area contributed by atoms with Crippen molar-refractivity contribution in [1.82, 2.24) is 4.90 Å². The molecule has 5 nitrogen and oxygen atoms in total. The first kappa shape index (κ1) is 20.1. The zero-order valence-electron chi connectivity index (χ0n) is 18.0. The number of hydrogen-bond acceptors (Lipinski definition) is 4. The van der Waals surface area contributed by atoms with Gasteiger partial charge >= 0.3 is 0 Å². The van der Waals surface area contributed by atoms with Gasteiger partial charge in [-0.25, -0.2) is 0 Å². The number of ether oxygens (including phenoxy) is 1. The molecular formula is C27H24N2O3. The molecule has 0 bridgehead atoms. The third-order valence-corrected chi connectivity index (χ3v) is 6.15. The van der Waals surface area contributed by atoms with Gasteiger partial charge in [0.2, 0.25) is 0 Å². The van der Waals surface area contributed by atoms with Gasteiger partial charge in [-0.05, 0) is 47.7 Å². The van der Waals surface area contributed by atoms with Crippen LogP contribution in [0.3, 0.4) is 0 Å². The normalized spacial score (nSPS) is 15.5. The number of fused-ring (bicyclic) bond motifs is 1.